The van der Waals surface area contributed by atoms with Gasteiger partial charge in [0.2, 0.25) is 0 Å². The SMILES string of the molecule is N#CCCN(c1ccccc1)c1cc(Br)ccc1CBr. The van der Waals surface area contributed by atoms with E-state index in [4.69, 9.17) is 5.26 Å². The number of halogens is 2. The quantitative estimate of drug-likeness (QED) is 0.636. The third kappa shape index (κ3) is 3.62. The van der Waals surface area contributed by atoms with Crippen LogP contribution in [-0.4, -0.2) is 6.54 Å². The average molecular weight is 394 g/mol. The van der Waals surface area contributed by atoms with E-state index in [0.29, 0.717) is 13.0 Å². The number of alkyl halides is 1. The lowest BCUT2D eigenvalue weighted by molar-refractivity contribution is 0.942. The predicted molar refractivity (Wildman–Crippen MR) is 90.5 cm³/mol. The van der Waals surface area contributed by atoms with Gasteiger partial charge in [0.05, 0.1) is 12.5 Å². The lowest BCUT2D eigenvalue weighted by atomic mass is 10.1. The fourth-order valence-electron chi connectivity index (χ4n) is 2.06. The Labute approximate surface area is 136 Å². The molecule has 0 saturated heterocycles. The first kappa shape index (κ1) is 15.1. The molecule has 2 aromatic rings. The maximum Gasteiger partial charge on any atom is 0.0640 e. The highest BCUT2D eigenvalue weighted by Crippen LogP contribution is 2.32. The van der Waals surface area contributed by atoms with Crippen molar-refractivity contribution in [2.24, 2.45) is 0 Å². The van der Waals surface area contributed by atoms with E-state index in [2.05, 4.69) is 67.1 Å². The zero-order chi connectivity index (χ0) is 14.4. The minimum atomic E-state index is 0.489. The van der Waals surface area contributed by atoms with Gasteiger partial charge in [-0.25, -0.2) is 0 Å². The maximum absolute atomic E-state index is 8.89. The smallest absolute Gasteiger partial charge is 0.0640 e. The predicted octanol–water partition coefficient (Wildman–Crippen LogP) is 5.40. The van der Waals surface area contributed by atoms with E-state index < -0.39 is 0 Å². The van der Waals surface area contributed by atoms with Crippen molar-refractivity contribution in [1.82, 2.24) is 0 Å². The Hall–Kier alpha value is -1.31. The molecule has 0 N–H and O–H groups in total. The van der Waals surface area contributed by atoms with Crippen LogP contribution in [0.25, 0.3) is 0 Å². The van der Waals surface area contributed by atoms with Crippen LogP contribution < -0.4 is 4.90 Å². The summed E-state index contributed by atoms with van der Waals surface area (Å²) >= 11 is 7.06. The van der Waals surface area contributed by atoms with Crippen LogP contribution >= 0.6 is 31.9 Å². The van der Waals surface area contributed by atoms with Crippen molar-refractivity contribution in [3.63, 3.8) is 0 Å². The topological polar surface area (TPSA) is 27.0 Å². The highest BCUT2D eigenvalue weighted by molar-refractivity contribution is 9.10. The van der Waals surface area contributed by atoms with E-state index in [9.17, 15) is 0 Å². The molecule has 0 aromatic heterocycles. The molecule has 0 heterocycles. The Balaban J connectivity index is 2.46. The molecule has 0 saturated carbocycles. The van der Waals surface area contributed by atoms with E-state index >= 15 is 0 Å². The largest absolute Gasteiger partial charge is 0.340 e. The number of hydrogen-bond acceptors (Lipinski definition) is 2. The van der Waals surface area contributed by atoms with Crippen LogP contribution in [0.3, 0.4) is 0 Å². The molecular formula is C16H14Br2N2. The number of rotatable bonds is 5. The third-order valence-electron chi connectivity index (χ3n) is 3.00. The molecule has 0 radical (unpaired) electrons. The van der Waals surface area contributed by atoms with E-state index in [1.807, 2.05) is 24.3 Å². The molecule has 102 valence electrons. The van der Waals surface area contributed by atoms with Crippen LogP contribution in [0.2, 0.25) is 0 Å². The first-order chi connectivity index (χ1) is 9.76. The van der Waals surface area contributed by atoms with Crippen molar-refractivity contribution in [3.05, 3.63) is 58.6 Å². The molecule has 2 rings (SSSR count). The van der Waals surface area contributed by atoms with Gasteiger partial charge in [-0.15, -0.1) is 0 Å². The van der Waals surface area contributed by atoms with Crippen molar-refractivity contribution in [2.75, 3.05) is 11.4 Å². The van der Waals surface area contributed by atoms with Gasteiger partial charge in [-0.3, -0.25) is 0 Å². The fraction of sp³-hybridized carbons (Fsp3) is 0.188. The minimum absolute atomic E-state index is 0.489. The molecule has 0 aliphatic carbocycles. The number of anilines is 2. The molecule has 0 fully saturated rings. The van der Waals surface area contributed by atoms with Crippen molar-refractivity contribution in [3.8, 4) is 6.07 Å². The van der Waals surface area contributed by atoms with E-state index in [0.717, 1.165) is 21.2 Å². The van der Waals surface area contributed by atoms with Crippen molar-refractivity contribution in [2.45, 2.75) is 11.8 Å². The first-order valence-corrected chi connectivity index (χ1v) is 8.21. The standard InChI is InChI=1S/C16H14Br2N2/c17-12-13-7-8-14(18)11-16(13)20(10-4-9-19)15-5-2-1-3-6-15/h1-3,5-8,11H,4,10,12H2. The highest BCUT2D eigenvalue weighted by Gasteiger charge is 2.13. The molecule has 4 heteroatoms. The zero-order valence-electron chi connectivity index (χ0n) is 10.9. The molecule has 0 aliphatic heterocycles. The number of hydrogen-bond donors (Lipinski definition) is 0. The second-order valence-electron chi connectivity index (χ2n) is 4.30. The van der Waals surface area contributed by atoms with Crippen molar-refractivity contribution in [1.29, 1.82) is 5.26 Å². The highest BCUT2D eigenvalue weighted by atomic mass is 79.9. The van der Waals surface area contributed by atoms with Gasteiger partial charge < -0.3 is 4.90 Å². The van der Waals surface area contributed by atoms with Gasteiger partial charge in [-0.2, -0.15) is 5.26 Å². The summed E-state index contributed by atoms with van der Waals surface area (Å²) in [5.41, 5.74) is 3.43. The molecule has 0 bridgehead atoms. The monoisotopic (exact) mass is 392 g/mol. The Morgan fingerprint density at radius 1 is 1.10 bits per heavy atom. The molecule has 2 aromatic carbocycles. The van der Waals surface area contributed by atoms with Crippen LogP contribution in [0.15, 0.2) is 53.0 Å². The third-order valence-corrected chi connectivity index (χ3v) is 4.09. The first-order valence-electron chi connectivity index (χ1n) is 6.30. The lowest BCUT2D eigenvalue weighted by Gasteiger charge is -2.26. The van der Waals surface area contributed by atoms with E-state index in [-0.39, 0.29) is 0 Å². The van der Waals surface area contributed by atoms with Crippen LogP contribution in [0.5, 0.6) is 0 Å². The second kappa shape index (κ2) is 7.47. The summed E-state index contributed by atoms with van der Waals surface area (Å²) in [7, 11) is 0. The van der Waals surface area contributed by atoms with Crippen LogP contribution in [0.1, 0.15) is 12.0 Å². The summed E-state index contributed by atoms with van der Waals surface area (Å²) < 4.78 is 1.04. The van der Waals surface area contributed by atoms with Gasteiger partial charge in [0.1, 0.15) is 0 Å². The summed E-state index contributed by atoms with van der Waals surface area (Å²) in [6.45, 7) is 0.678. The van der Waals surface area contributed by atoms with Gasteiger partial charge >= 0.3 is 0 Å². The second-order valence-corrected chi connectivity index (χ2v) is 5.78. The van der Waals surface area contributed by atoms with E-state index in [1.165, 1.54) is 5.56 Å². The van der Waals surface area contributed by atoms with Gasteiger partial charge in [0.15, 0.2) is 0 Å². The molecule has 0 spiro atoms. The van der Waals surface area contributed by atoms with Crippen LogP contribution in [-0.2, 0) is 5.33 Å². The summed E-state index contributed by atoms with van der Waals surface area (Å²) in [4.78, 5) is 2.19. The zero-order valence-corrected chi connectivity index (χ0v) is 14.1. The molecule has 20 heavy (non-hydrogen) atoms. The summed E-state index contributed by atoms with van der Waals surface area (Å²) in [6.07, 6.45) is 0.489. The molecule has 0 amide bonds. The van der Waals surface area contributed by atoms with Crippen molar-refractivity contribution >= 4 is 43.2 Å². The van der Waals surface area contributed by atoms with E-state index in [1.54, 1.807) is 0 Å². The van der Waals surface area contributed by atoms with Gasteiger partial charge in [-0.05, 0) is 29.8 Å². The fourth-order valence-corrected chi connectivity index (χ4v) is 2.88. The van der Waals surface area contributed by atoms with Gasteiger partial charge in [0, 0.05) is 27.7 Å². The Bertz CT molecular complexity index is 606. The Morgan fingerprint density at radius 3 is 2.50 bits per heavy atom. The van der Waals surface area contributed by atoms with Crippen LogP contribution in [0, 0.1) is 11.3 Å². The molecular weight excluding hydrogens is 380 g/mol. The molecule has 0 atom stereocenters. The average Bonchev–Trinajstić information content (AvgIpc) is 2.49. The number of nitrogens with zero attached hydrogens (tertiary/aromatic N) is 2. The Morgan fingerprint density at radius 2 is 1.85 bits per heavy atom. The van der Waals surface area contributed by atoms with Crippen LogP contribution in [0.4, 0.5) is 11.4 Å². The molecule has 2 nitrogen and oxygen atoms in total. The normalized spacial score (nSPS) is 10.1. The summed E-state index contributed by atoms with van der Waals surface area (Å²) in [5, 5.41) is 9.68. The maximum atomic E-state index is 8.89. The van der Waals surface area contributed by atoms with Crippen molar-refractivity contribution < 1.29 is 0 Å². The van der Waals surface area contributed by atoms with Gasteiger partial charge in [-0.1, -0.05) is 56.1 Å². The Kier molecular flexibility index (Phi) is 5.63. The molecule has 0 unspecified atom stereocenters. The molecule has 0 aliphatic rings. The van der Waals surface area contributed by atoms with Gasteiger partial charge in [0.25, 0.3) is 0 Å². The lowest BCUT2D eigenvalue weighted by Crippen LogP contribution is -2.19. The minimum Gasteiger partial charge on any atom is -0.340 e. The number of para-hydroxylation sites is 1. The number of benzene rings is 2. The number of nitriles is 1. The summed E-state index contributed by atoms with van der Waals surface area (Å²) in [5.74, 6) is 0. The summed E-state index contributed by atoms with van der Waals surface area (Å²) in [6, 6.07) is 18.6.